The molecule has 218 valence electrons. The van der Waals surface area contributed by atoms with Crippen LogP contribution in [0.2, 0.25) is 0 Å². The maximum absolute atomic E-state index is 2.43. The van der Waals surface area contributed by atoms with Crippen LogP contribution < -0.4 is 9.48 Å². The number of para-hydroxylation sites is 2. The molecule has 0 atom stereocenters. The zero-order chi connectivity index (χ0) is 30.7. The highest BCUT2D eigenvalue weighted by molar-refractivity contribution is 6.11. The van der Waals surface area contributed by atoms with Gasteiger partial charge in [0.15, 0.2) is 0 Å². The molecule has 0 N–H and O–H groups in total. The largest absolute Gasteiger partial charge is 0.330 e. The minimum absolute atomic E-state index is 0.0798. The van der Waals surface area contributed by atoms with E-state index in [0.29, 0.717) is 0 Å². The van der Waals surface area contributed by atoms with Crippen LogP contribution in [-0.2, 0) is 0 Å². The normalized spacial score (nSPS) is 15.6. The second-order valence-corrected chi connectivity index (χ2v) is 11.6. The third-order valence-electron chi connectivity index (χ3n) is 8.79. The fourth-order valence-corrected chi connectivity index (χ4v) is 6.58. The second-order valence-electron chi connectivity index (χ2n) is 11.6. The fourth-order valence-electron chi connectivity index (χ4n) is 6.58. The minimum atomic E-state index is 0.0798. The molecule has 0 radical (unpaired) electrons. The third kappa shape index (κ3) is 5.21. The topological polar surface area (TPSA) is 6.25 Å². The molecule has 0 spiro atoms. The molecule has 0 aliphatic heterocycles. The van der Waals surface area contributed by atoms with Crippen LogP contribution in [0.15, 0.2) is 205 Å². The Morgan fingerprint density at radius 2 is 0.978 bits per heavy atom. The van der Waals surface area contributed by atoms with Crippen LogP contribution >= 0.6 is 0 Å². The van der Waals surface area contributed by atoms with Crippen LogP contribution in [0.4, 0.5) is 22.7 Å². The molecule has 6 aromatic rings. The van der Waals surface area contributed by atoms with Gasteiger partial charge in [-0.25, -0.2) is 0 Å². The highest BCUT2D eigenvalue weighted by Crippen LogP contribution is 2.36. The lowest BCUT2D eigenvalue weighted by Gasteiger charge is -2.32. The van der Waals surface area contributed by atoms with Gasteiger partial charge in [-0.15, -0.1) is 0 Å². The fraction of sp³-hybridized carbons (Fsp3) is 0.0227. The van der Waals surface area contributed by atoms with Gasteiger partial charge < -0.3 is 4.90 Å². The van der Waals surface area contributed by atoms with Crippen molar-refractivity contribution >= 4 is 50.0 Å². The van der Waals surface area contributed by atoms with E-state index >= 15 is 0 Å². The van der Waals surface area contributed by atoms with Crippen LogP contribution in [0, 0.1) is 0 Å². The van der Waals surface area contributed by atoms with Crippen molar-refractivity contribution in [3.63, 3.8) is 0 Å². The van der Waals surface area contributed by atoms with Crippen LogP contribution in [0.25, 0.3) is 21.5 Å². The van der Waals surface area contributed by atoms with Crippen molar-refractivity contribution < 1.29 is 0 Å². The van der Waals surface area contributed by atoms with E-state index in [1.54, 1.807) is 0 Å². The number of nitrogens with zero attached hydrogens (tertiary/aromatic N) is 2. The highest BCUT2D eigenvalue weighted by atomic mass is 15.2. The maximum atomic E-state index is 2.43. The summed E-state index contributed by atoms with van der Waals surface area (Å²) in [7, 11) is 0. The quantitative estimate of drug-likeness (QED) is 0.181. The molecular formula is C44H33N2+. The predicted molar refractivity (Wildman–Crippen MR) is 197 cm³/mol. The highest BCUT2D eigenvalue weighted by Gasteiger charge is 2.23. The van der Waals surface area contributed by atoms with Gasteiger partial charge in [-0.05, 0) is 58.3 Å². The lowest BCUT2D eigenvalue weighted by atomic mass is 9.96. The summed E-state index contributed by atoms with van der Waals surface area (Å²) in [6.45, 7) is 0. The summed E-state index contributed by atoms with van der Waals surface area (Å²) in [4.78, 5) is 2.43. The first-order valence-corrected chi connectivity index (χ1v) is 15.8. The van der Waals surface area contributed by atoms with Crippen molar-refractivity contribution in [1.29, 1.82) is 0 Å². The molecule has 0 saturated heterocycles. The summed E-state index contributed by atoms with van der Waals surface area (Å²) < 4.78 is 2.35. The van der Waals surface area contributed by atoms with E-state index in [0.717, 1.165) is 11.4 Å². The number of rotatable bonds is 5. The third-order valence-corrected chi connectivity index (χ3v) is 8.79. The molecule has 2 aliphatic carbocycles. The molecule has 8 rings (SSSR count). The van der Waals surface area contributed by atoms with E-state index in [2.05, 4.69) is 204 Å². The monoisotopic (exact) mass is 589 g/mol. The van der Waals surface area contributed by atoms with Crippen LogP contribution in [0.5, 0.6) is 0 Å². The maximum Gasteiger partial charge on any atom is 0.219 e. The molecular weight excluding hydrogens is 556 g/mol. The van der Waals surface area contributed by atoms with Gasteiger partial charge in [0.2, 0.25) is 17.1 Å². The summed E-state index contributed by atoms with van der Waals surface area (Å²) in [5, 5.41) is 4.94. The van der Waals surface area contributed by atoms with Crippen molar-refractivity contribution in [2.24, 2.45) is 0 Å². The lowest BCUT2D eigenvalue weighted by Crippen LogP contribution is -2.28. The first-order valence-electron chi connectivity index (χ1n) is 15.8. The number of fused-ring (bicyclic) bond motifs is 2. The van der Waals surface area contributed by atoms with Gasteiger partial charge in [0, 0.05) is 47.1 Å². The molecule has 6 aromatic carbocycles. The van der Waals surface area contributed by atoms with Crippen molar-refractivity contribution in [3.8, 4) is 0 Å². The van der Waals surface area contributed by atoms with E-state index in [4.69, 9.17) is 0 Å². The van der Waals surface area contributed by atoms with Gasteiger partial charge in [-0.1, -0.05) is 127 Å². The van der Waals surface area contributed by atoms with Gasteiger partial charge in [0.1, 0.15) is 0 Å². The average molecular weight is 590 g/mol. The average Bonchev–Trinajstić information content (AvgIpc) is 3.14. The SMILES string of the molecule is C1=CC(=[N+](c2ccccc2)c2cccc3ccccc23)C=CC1=C1C=CC(N(c2ccccc2)c2cccc3ccccc23)C=C1. The Hall–Kier alpha value is -5.99. The summed E-state index contributed by atoms with van der Waals surface area (Å²) in [6.07, 6.45) is 18.1. The van der Waals surface area contributed by atoms with E-state index in [1.165, 1.54) is 49.8 Å². The predicted octanol–water partition coefficient (Wildman–Crippen LogP) is 11.0. The first-order chi connectivity index (χ1) is 22.8. The van der Waals surface area contributed by atoms with E-state index in [-0.39, 0.29) is 6.04 Å². The zero-order valence-corrected chi connectivity index (χ0v) is 25.4. The van der Waals surface area contributed by atoms with Crippen molar-refractivity contribution in [1.82, 2.24) is 4.58 Å². The van der Waals surface area contributed by atoms with Gasteiger partial charge in [-0.2, -0.15) is 4.58 Å². The molecule has 0 amide bonds. The van der Waals surface area contributed by atoms with Crippen LogP contribution in [0.3, 0.4) is 0 Å². The standard InChI is InChI=1S/C44H33N2/c1-3-17-37(18-4-1)45(43-23-11-15-35-13-7-9-21-41(35)43)39-29-25-33(26-30-39)34-27-31-40(32-28-34)46(38-19-5-2-6-20-38)44-24-12-16-36-14-8-10-22-42(36)44/h1-32,39H/q+1. The van der Waals surface area contributed by atoms with Gasteiger partial charge in [0.25, 0.3) is 0 Å². The summed E-state index contributed by atoms with van der Waals surface area (Å²) in [6, 6.07) is 51.7. The Kier molecular flexibility index (Phi) is 7.30. The number of anilines is 2. The number of benzene rings is 6. The molecule has 0 aromatic heterocycles. The van der Waals surface area contributed by atoms with Crippen molar-refractivity contribution in [2.75, 3.05) is 4.90 Å². The second kappa shape index (κ2) is 12.2. The molecule has 2 heteroatoms. The summed E-state index contributed by atoms with van der Waals surface area (Å²) in [5.74, 6) is 0. The Balaban J connectivity index is 1.16. The van der Waals surface area contributed by atoms with Gasteiger partial charge in [-0.3, -0.25) is 0 Å². The number of allylic oxidation sites excluding steroid dienone is 8. The molecule has 0 bridgehead atoms. The molecule has 2 aliphatic rings. The molecule has 46 heavy (non-hydrogen) atoms. The summed E-state index contributed by atoms with van der Waals surface area (Å²) >= 11 is 0. The molecule has 0 heterocycles. The van der Waals surface area contributed by atoms with Crippen molar-refractivity contribution in [3.05, 3.63) is 205 Å². The molecule has 0 fully saturated rings. The number of hydrogen-bond acceptors (Lipinski definition) is 1. The van der Waals surface area contributed by atoms with E-state index in [1.807, 2.05) is 0 Å². The molecule has 0 saturated carbocycles. The smallest absolute Gasteiger partial charge is 0.219 e. The van der Waals surface area contributed by atoms with Crippen LogP contribution in [-0.4, -0.2) is 11.8 Å². The van der Waals surface area contributed by atoms with Gasteiger partial charge >= 0.3 is 0 Å². The van der Waals surface area contributed by atoms with Gasteiger partial charge in [0.05, 0.1) is 11.4 Å². The lowest BCUT2D eigenvalue weighted by molar-refractivity contribution is 0.938. The van der Waals surface area contributed by atoms with E-state index < -0.39 is 0 Å². The minimum Gasteiger partial charge on any atom is -0.330 e. The van der Waals surface area contributed by atoms with E-state index in [9.17, 15) is 0 Å². The first kappa shape index (κ1) is 27.6. The molecule has 2 nitrogen and oxygen atoms in total. The Labute approximate surface area is 270 Å². The zero-order valence-electron chi connectivity index (χ0n) is 25.4. The van der Waals surface area contributed by atoms with Crippen LogP contribution in [0.1, 0.15) is 0 Å². The summed E-state index contributed by atoms with van der Waals surface area (Å²) in [5.41, 5.74) is 8.18. The Morgan fingerprint density at radius 1 is 0.435 bits per heavy atom. The molecule has 0 unspecified atom stereocenters. The Bertz CT molecular complexity index is 2200. The Morgan fingerprint density at radius 3 is 1.70 bits per heavy atom. The number of hydrogen-bond donors (Lipinski definition) is 0. The van der Waals surface area contributed by atoms with Crippen molar-refractivity contribution in [2.45, 2.75) is 6.04 Å².